The lowest BCUT2D eigenvalue weighted by molar-refractivity contribution is -0.132. The summed E-state index contributed by atoms with van der Waals surface area (Å²) in [5.41, 5.74) is 0.127. The summed E-state index contributed by atoms with van der Waals surface area (Å²) in [5, 5.41) is 11.4. The molecule has 0 bridgehead atoms. The van der Waals surface area contributed by atoms with Gasteiger partial charge < -0.3 is 9.64 Å². The number of piperazine rings is 1. The molecule has 0 radical (unpaired) electrons. The van der Waals surface area contributed by atoms with Gasteiger partial charge in [0.15, 0.2) is 0 Å². The molecule has 0 aliphatic carbocycles. The summed E-state index contributed by atoms with van der Waals surface area (Å²) in [6, 6.07) is 22.0. The van der Waals surface area contributed by atoms with Gasteiger partial charge in [-0.15, -0.1) is 0 Å². The first kappa shape index (κ1) is 22.8. The van der Waals surface area contributed by atoms with Crippen LogP contribution in [0.25, 0.3) is 10.8 Å². The Labute approximate surface area is 193 Å². The minimum absolute atomic E-state index is 0.00834. The average Bonchev–Trinajstić information content (AvgIpc) is 2.86. The van der Waals surface area contributed by atoms with Gasteiger partial charge in [-0.25, -0.2) is 8.42 Å². The van der Waals surface area contributed by atoms with Crippen molar-refractivity contribution in [2.75, 3.05) is 32.8 Å². The lowest BCUT2D eigenvalue weighted by atomic mass is 10.1. The summed E-state index contributed by atoms with van der Waals surface area (Å²) in [7, 11) is -3.77. The van der Waals surface area contributed by atoms with Crippen LogP contribution < -0.4 is 4.74 Å². The predicted molar refractivity (Wildman–Crippen MR) is 125 cm³/mol. The van der Waals surface area contributed by atoms with E-state index in [0.717, 1.165) is 16.5 Å². The van der Waals surface area contributed by atoms with E-state index < -0.39 is 10.0 Å². The number of nitriles is 1. The van der Waals surface area contributed by atoms with E-state index in [1.54, 1.807) is 17.0 Å². The molecule has 3 aromatic carbocycles. The summed E-state index contributed by atoms with van der Waals surface area (Å²) in [6.45, 7) is 1.51. The fourth-order valence-corrected chi connectivity index (χ4v) is 5.55. The van der Waals surface area contributed by atoms with Crippen molar-refractivity contribution in [3.05, 3.63) is 72.3 Å². The Morgan fingerprint density at radius 2 is 1.64 bits per heavy atom. The van der Waals surface area contributed by atoms with E-state index in [-0.39, 0.29) is 29.5 Å². The maximum atomic E-state index is 12.9. The second-order valence-electron chi connectivity index (χ2n) is 7.82. The molecule has 1 saturated heterocycles. The van der Waals surface area contributed by atoms with Gasteiger partial charge in [-0.05, 0) is 30.0 Å². The molecule has 0 saturated carbocycles. The molecule has 0 aromatic heterocycles. The molecule has 1 fully saturated rings. The zero-order chi connectivity index (χ0) is 23.3. The van der Waals surface area contributed by atoms with Crippen molar-refractivity contribution in [1.82, 2.24) is 9.21 Å². The Hall–Kier alpha value is -3.41. The Balaban J connectivity index is 1.27. The Kier molecular flexibility index (Phi) is 6.92. The molecule has 1 aliphatic rings. The van der Waals surface area contributed by atoms with E-state index in [1.165, 1.54) is 16.4 Å². The van der Waals surface area contributed by atoms with Crippen molar-refractivity contribution in [2.45, 2.75) is 17.7 Å². The van der Waals surface area contributed by atoms with Crippen molar-refractivity contribution in [3.63, 3.8) is 0 Å². The molecule has 7 nitrogen and oxygen atoms in total. The number of hydrogen-bond donors (Lipinski definition) is 0. The maximum absolute atomic E-state index is 12.9. The number of fused-ring (bicyclic) bond motifs is 1. The number of carbonyl (C=O) groups is 1. The summed E-state index contributed by atoms with van der Waals surface area (Å²) in [4.78, 5) is 14.3. The van der Waals surface area contributed by atoms with Crippen molar-refractivity contribution >= 4 is 26.7 Å². The third kappa shape index (κ3) is 5.00. The minimum atomic E-state index is -3.77. The van der Waals surface area contributed by atoms with Crippen molar-refractivity contribution in [3.8, 4) is 11.8 Å². The number of amides is 1. The van der Waals surface area contributed by atoms with Gasteiger partial charge >= 0.3 is 0 Å². The highest BCUT2D eigenvalue weighted by atomic mass is 32.2. The minimum Gasteiger partial charge on any atom is -0.493 e. The Morgan fingerprint density at radius 1 is 0.939 bits per heavy atom. The third-order valence-corrected chi connectivity index (χ3v) is 7.72. The number of hydrogen-bond acceptors (Lipinski definition) is 5. The van der Waals surface area contributed by atoms with E-state index in [0.29, 0.717) is 32.5 Å². The molecule has 0 atom stereocenters. The van der Waals surface area contributed by atoms with Crippen LogP contribution in [0.15, 0.2) is 71.6 Å². The number of benzene rings is 3. The van der Waals surface area contributed by atoms with Crippen molar-refractivity contribution in [2.24, 2.45) is 0 Å². The van der Waals surface area contributed by atoms with Crippen LogP contribution >= 0.6 is 0 Å². The Bertz CT molecular complexity index is 1290. The van der Waals surface area contributed by atoms with Crippen molar-refractivity contribution in [1.29, 1.82) is 5.26 Å². The molecule has 8 heteroatoms. The van der Waals surface area contributed by atoms with Gasteiger partial charge in [0.2, 0.25) is 15.9 Å². The van der Waals surface area contributed by atoms with Crippen LogP contribution in [0.5, 0.6) is 5.75 Å². The standard InChI is InChI=1S/C25H25N3O4S/c26-19-21-8-2-4-12-24(21)33(30,31)28-16-14-27(15-17-28)25(29)13-6-18-32-23-11-5-9-20-7-1-3-10-22(20)23/h1-5,7-12H,6,13-18H2. The number of sulfonamides is 1. The molecule has 4 rings (SSSR count). The first-order valence-electron chi connectivity index (χ1n) is 10.9. The van der Waals surface area contributed by atoms with E-state index in [4.69, 9.17) is 4.74 Å². The van der Waals surface area contributed by atoms with Gasteiger partial charge in [0.1, 0.15) is 11.8 Å². The highest BCUT2D eigenvalue weighted by Crippen LogP contribution is 2.25. The fraction of sp³-hybridized carbons (Fsp3) is 0.280. The average molecular weight is 464 g/mol. The number of carbonyl (C=O) groups excluding carboxylic acids is 1. The van der Waals surface area contributed by atoms with Gasteiger partial charge in [-0.2, -0.15) is 9.57 Å². The van der Waals surface area contributed by atoms with Crippen LogP contribution in [0.2, 0.25) is 0 Å². The zero-order valence-corrected chi connectivity index (χ0v) is 19.0. The van der Waals surface area contributed by atoms with Crippen LogP contribution in [0.4, 0.5) is 0 Å². The lowest BCUT2D eigenvalue weighted by Crippen LogP contribution is -2.50. The summed E-state index contributed by atoms with van der Waals surface area (Å²) < 4.78 is 33.1. The molecule has 0 N–H and O–H groups in total. The van der Waals surface area contributed by atoms with E-state index in [9.17, 15) is 18.5 Å². The van der Waals surface area contributed by atoms with Crippen LogP contribution in [0.1, 0.15) is 18.4 Å². The smallest absolute Gasteiger partial charge is 0.244 e. The molecule has 1 aliphatic heterocycles. The summed E-state index contributed by atoms with van der Waals surface area (Å²) >= 11 is 0. The van der Waals surface area contributed by atoms with Gasteiger partial charge in [0.05, 0.1) is 17.1 Å². The predicted octanol–water partition coefficient (Wildman–Crippen LogP) is 3.40. The largest absolute Gasteiger partial charge is 0.493 e. The molecule has 0 unspecified atom stereocenters. The monoisotopic (exact) mass is 463 g/mol. The highest BCUT2D eigenvalue weighted by Gasteiger charge is 2.31. The first-order valence-corrected chi connectivity index (χ1v) is 12.3. The fourth-order valence-electron chi connectivity index (χ4n) is 3.99. The molecular formula is C25H25N3O4S. The van der Waals surface area contributed by atoms with Gasteiger partial charge in [-0.1, -0.05) is 48.5 Å². The number of ether oxygens (including phenoxy) is 1. The van der Waals surface area contributed by atoms with Crippen LogP contribution in [-0.2, 0) is 14.8 Å². The highest BCUT2D eigenvalue weighted by molar-refractivity contribution is 7.89. The van der Waals surface area contributed by atoms with Crippen LogP contribution in [0, 0.1) is 11.3 Å². The lowest BCUT2D eigenvalue weighted by Gasteiger charge is -2.34. The quantitative estimate of drug-likeness (QED) is 0.501. The van der Waals surface area contributed by atoms with Crippen molar-refractivity contribution < 1.29 is 17.9 Å². The van der Waals surface area contributed by atoms with E-state index in [1.807, 2.05) is 48.5 Å². The van der Waals surface area contributed by atoms with Gasteiger partial charge in [0.25, 0.3) is 0 Å². The summed E-state index contributed by atoms with van der Waals surface area (Å²) in [5.74, 6) is 0.794. The molecule has 1 amide bonds. The molecule has 170 valence electrons. The van der Waals surface area contributed by atoms with Crippen LogP contribution in [0.3, 0.4) is 0 Å². The molecule has 33 heavy (non-hydrogen) atoms. The summed E-state index contributed by atoms with van der Waals surface area (Å²) in [6.07, 6.45) is 0.922. The normalized spacial score (nSPS) is 14.7. The molecule has 3 aromatic rings. The number of nitrogens with zero attached hydrogens (tertiary/aromatic N) is 3. The Morgan fingerprint density at radius 3 is 2.42 bits per heavy atom. The van der Waals surface area contributed by atoms with Gasteiger partial charge in [-0.3, -0.25) is 4.79 Å². The first-order chi connectivity index (χ1) is 16.0. The molecular weight excluding hydrogens is 438 g/mol. The number of rotatable bonds is 7. The van der Waals surface area contributed by atoms with Gasteiger partial charge in [0, 0.05) is 38.0 Å². The third-order valence-electron chi connectivity index (χ3n) is 5.76. The van der Waals surface area contributed by atoms with Crippen LogP contribution in [-0.4, -0.2) is 56.3 Å². The van der Waals surface area contributed by atoms with E-state index >= 15 is 0 Å². The second-order valence-corrected chi connectivity index (χ2v) is 9.73. The molecule has 1 heterocycles. The van der Waals surface area contributed by atoms with E-state index in [2.05, 4.69) is 0 Å². The second kappa shape index (κ2) is 10.0. The SMILES string of the molecule is N#Cc1ccccc1S(=O)(=O)N1CCN(C(=O)CCCOc2cccc3ccccc23)CC1. The molecule has 0 spiro atoms. The maximum Gasteiger partial charge on any atom is 0.244 e. The zero-order valence-electron chi connectivity index (χ0n) is 18.2. The topological polar surface area (TPSA) is 90.7 Å².